The molecule has 4 saturated heterocycles. The van der Waals surface area contributed by atoms with Gasteiger partial charge in [0.2, 0.25) is 17.7 Å². The van der Waals surface area contributed by atoms with Crippen LogP contribution in [0.3, 0.4) is 0 Å². The summed E-state index contributed by atoms with van der Waals surface area (Å²) in [6, 6.07) is 8.22. The van der Waals surface area contributed by atoms with Crippen LogP contribution >= 0.6 is 0 Å². The topological polar surface area (TPSA) is 138 Å². The van der Waals surface area contributed by atoms with Crippen LogP contribution in [0, 0.1) is 11.8 Å². The number of morpholine rings is 1. The van der Waals surface area contributed by atoms with Gasteiger partial charge < -0.3 is 34.4 Å². The van der Waals surface area contributed by atoms with E-state index < -0.39 is 41.7 Å². The lowest BCUT2D eigenvalue weighted by Crippen LogP contribution is -2.57. The zero-order valence-corrected chi connectivity index (χ0v) is 27.1. The average Bonchev–Trinajstić information content (AvgIpc) is 3.74. The number of allylic oxidation sites excluding steroid dienone is 1. The van der Waals surface area contributed by atoms with Crippen LogP contribution in [0.1, 0.15) is 43.8 Å². The molecule has 256 valence electrons. The van der Waals surface area contributed by atoms with Gasteiger partial charge in [0.25, 0.3) is 0 Å². The normalized spacial score (nSPS) is 27.3. The predicted molar refractivity (Wildman–Crippen MR) is 173 cm³/mol. The first-order valence-corrected chi connectivity index (χ1v) is 16.8. The standard InChI is InChI=1S/C35H48N4O8/c1-3-5-12-28(41)36-24-27(25-10-7-6-8-11-25)46-34(44)29-26-13-14-35(47-26)30(29)32(42)39(16-9-21-40)31(35)33(43)38(15-4-2)18-17-37-19-22-45-23-20-37/h3-4,6-8,10-11,26-27,29-31,40H,1-2,5,9,12-24H2,(H,36,41)/t26-,27-,29+,30+,31-,35+/m1/s1. The highest BCUT2D eigenvalue weighted by molar-refractivity contribution is 5.98. The molecule has 6 atom stereocenters. The number of carbonyl (C=O) groups excluding carboxylic acids is 4. The van der Waals surface area contributed by atoms with Crippen molar-refractivity contribution in [2.75, 3.05) is 65.6 Å². The van der Waals surface area contributed by atoms with Gasteiger partial charge in [-0.15, -0.1) is 13.2 Å². The number of hydrogen-bond donors (Lipinski definition) is 2. The Kier molecular flexibility index (Phi) is 11.8. The molecule has 3 amide bonds. The van der Waals surface area contributed by atoms with Crippen molar-refractivity contribution in [2.45, 2.75) is 56.0 Å². The van der Waals surface area contributed by atoms with Gasteiger partial charge >= 0.3 is 5.97 Å². The van der Waals surface area contributed by atoms with Crippen LogP contribution in [0.15, 0.2) is 55.6 Å². The Balaban J connectivity index is 1.38. The fourth-order valence-corrected chi connectivity index (χ4v) is 7.53. The molecule has 12 heteroatoms. The number of likely N-dealkylation sites (tertiary alicyclic amines) is 1. The van der Waals surface area contributed by atoms with Crippen molar-refractivity contribution in [1.82, 2.24) is 20.0 Å². The molecular weight excluding hydrogens is 604 g/mol. The SMILES string of the molecule is C=CCCC(=O)NC[C@@H](OC(=O)[C@@H]1[C@H]2C(=O)N(CCCO)[C@H](C(=O)N(CC=C)CCN3CCOCC3)[C@]23CC[C@H]1O3)c1ccccc1. The number of amides is 3. The van der Waals surface area contributed by atoms with Crippen molar-refractivity contribution in [3.63, 3.8) is 0 Å². The first-order valence-electron chi connectivity index (χ1n) is 16.8. The van der Waals surface area contributed by atoms with Gasteiger partial charge in [0.15, 0.2) is 0 Å². The van der Waals surface area contributed by atoms with E-state index in [2.05, 4.69) is 23.4 Å². The van der Waals surface area contributed by atoms with Crippen LogP contribution in [0.2, 0.25) is 0 Å². The lowest BCUT2D eigenvalue weighted by atomic mass is 9.70. The van der Waals surface area contributed by atoms with E-state index in [0.717, 1.165) is 13.1 Å². The Hall–Kier alpha value is -3.58. The smallest absolute Gasteiger partial charge is 0.313 e. The minimum atomic E-state index is -1.18. The van der Waals surface area contributed by atoms with E-state index >= 15 is 0 Å². The average molecular weight is 653 g/mol. The number of fused-ring (bicyclic) bond motifs is 1. The number of aliphatic hydroxyl groups is 1. The number of ether oxygens (including phenoxy) is 3. The Morgan fingerprint density at radius 3 is 2.62 bits per heavy atom. The van der Waals surface area contributed by atoms with E-state index in [-0.39, 0.29) is 50.3 Å². The van der Waals surface area contributed by atoms with E-state index in [1.807, 2.05) is 30.3 Å². The van der Waals surface area contributed by atoms with Gasteiger partial charge in [-0.2, -0.15) is 0 Å². The van der Waals surface area contributed by atoms with Crippen molar-refractivity contribution in [2.24, 2.45) is 11.8 Å². The van der Waals surface area contributed by atoms with Gasteiger partial charge in [0.1, 0.15) is 17.7 Å². The van der Waals surface area contributed by atoms with Crippen LogP contribution < -0.4 is 5.32 Å². The number of esters is 1. The molecule has 4 aliphatic heterocycles. The molecule has 0 radical (unpaired) electrons. The molecule has 47 heavy (non-hydrogen) atoms. The maximum atomic E-state index is 14.5. The van der Waals surface area contributed by atoms with E-state index in [4.69, 9.17) is 14.2 Å². The summed E-state index contributed by atoms with van der Waals surface area (Å²) in [4.78, 5) is 60.6. The van der Waals surface area contributed by atoms with E-state index in [0.29, 0.717) is 57.7 Å². The van der Waals surface area contributed by atoms with E-state index in [1.165, 1.54) is 4.90 Å². The lowest BCUT2D eigenvalue weighted by molar-refractivity contribution is -0.160. The van der Waals surface area contributed by atoms with Gasteiger partial charge in [-0.3, -0.25) is 24.1 Å². The number of hydrogen-bond acceptors (Lipinski definition) is 9. The summed E-state index contributed by atoms with van der Waals surface area (Å²) in [6.07, 6.45) is 4.02. The van der Waals surface area contributed by atoms with Crippen LogP contribution in [-0.2, 0) is 33.4 Å². The summed E-state index contributed by atoms with van der Waals surface area (Å²) >= 11 is 0. The maximum absolute atomic E-state index is 14.5. The number of rotatable bonds is 17. The van der Waals surface area contributed by atoms with Crippen molar-refractivity contribution >= 4 is 23.7 Å². The fraction of sp³-hybridized carbons (Fsp3) is 0.600. The molecule has 2 bridgehead atoms. The van der Waals surface area contributed by atoms with Crippen LogP contribution in [0.4, 0.5) is 0 Å². The van der Waals surface area contributed by atoms with E-state index in [9.17, 15) is 24.3 Å². The predicted octanol–water partition coefficient (Wildman–Crippen LogP) is 1.46. The summed E-state index contributed by atoms with van der Waals surface area (Å²) in [7, 11) is 0. The summed E-state index contributed by atoms with van der Waals surface area (Å²) < 4.78 is 18.1. The van der Waals surface area contributed by atoms with Crippen molar-refractivity contribution < 1.29 is 38.5 Å². The van der Waals surface area contributed by atoms with Crippen molar-refractivity contribution in [3.05, 3.63) is 61.2 Å². The summed E-state index contributed by atoms with van der Waals surface area (Å²) in [5.41, 5.74) is -0.475. The van der Waals surface area contributed by atoms with Gasteiger partial charge in [-0.1, -0.05) is 42.5 Å². The van der Waals surface area contributed by atoms with Gasteiger partial charge in [-0.05, 0) is 31.2 Å². The second-order valence-electron chi connectivity index (χ2n) is 12.7. The van der Waals surface area contributed by atoms with Gasteiger partial charge in [0.05, 0.1) is 37.7 Å². The molecule has 4 fully saturated rings. The number of carbonyl (C=O) groups is 4. The van der Waals surface area contributed by atoms with Gasteiger partial charge in [-0.25, -0.2) is 0 Å². The number of benzene rings is 1. The molecular formula is C35H48N4O8. The molecule has 5 rings (SSSR count). The third kappa shape index (κ3) is 7.45. The summed E-state index contributed by atoms with van der Waals surface area (Å²) in [5, 5.41) is 12.5. The zero-order valence-electron chi connectivity index (χ0n) is 27.1. The lowest BCUT2D eigenvalue weighted by Gasteiger charge is -2.37. The molecule has 1 spiro atoms. The highest BCUT2D eigenvalue weighted by Gasteiger charge is 2.75. The molecule has 0 aliphatic carbocycles. The van der Waals surface area contributed by atoms with Crippen LogP contribution in [-0.4, -0.2) is 127 Å². The Morgan fingerprint density at radius 1 is 1.15 bits per heavy atom. The maximum Gasteiger partial charge on any atom is 0.313 e. The monoisotopic (exact) mass is 652 g/mol. The van der Waals surface area contributed by atoms with Crippen LogP contribution in [0.25, 0.3) is 0 Å². The first kappa shape index (κ1) is 34.7. The largest absolute Gasteiger partial charge is 0.455 e. The van der Waals surface area contributed by atoms with Crippen molar-refractivity contribution in [3.8, 4) is 0 Å². The molecule has 2 N–H and O–H groups in total. The third-order valence-corrected chi connectivity index (χ3v) is 9.80. The first-order chi connectivity index (χ1) is 22.8. The summed E-state index contributed by atoms with van der Waals surface area (Å²) in [6.45, 7) is 11.8. The number of aliphatic hydroxyl groups excluding tert-OH is 1. The molecule has 12 nitrogen and oxygen atoms in total. The molecule has 1 aromatic carbocycles. The minimum Gasteiger partial charge on any atom is -0.455 e. The quantitative estimate of drug-likeness (QED) is 0.189. The second-order valence-corrected chi connectivity index (χ2v) is 12.7. The zero-order chi connectivity index (χ0) is 33.4. The Labute approximate surface area is 276 Å². The molecule has 0 unspecified atom stereocenters. The summed E-state index contributed by atoms with van der Waals surface area (Å²) in [5.74, 6) is -3.16. The fourth-order valence-electron chi connectivity index (χ4n) is 7.53. The molecule has 0 aromatic heterocycles. The van der Waals surface area contributed by atoms with Crippen molar-refractivity contribution in [1.29, 1.82) is 0 Å². The molecule has 1 aromatic rings. The van der Waals surface area contributed by atoms with Crippen LogP contribution in [0.5, 0.6) is 0 Å². The molecule has 4 heterocycles. The number of nitrogens with one attached hydrogen (secondary N) is 1. The second kappa shape index (κ2) is 16.0. The molecule has 4 aliphatic rings. The van der Waals surface area contributed by atoms with Gasteiger partial charge in [0, 0.05) is 52.3 Å². The third-order valence-electron chi connectivity index (χ3n) is 9.80. The number of nitrogens with zero attached hydrogens (tertiary/aromatic N) is 3. The highest BCUT2D eigenvalue weighted by Crippen LogP contribution is 2.59. The minimum absolute atomic E-state index is 0.0666. The molecule has 0 saturated carbocycles. The Bertz CT molecular complexity index is 1290. The van der Waals surface area contributed by atoms with E-state index in [1.54, 1.807) is 17.1 Å². The highest BCUT2D eigenvalue weighted by atomic mass is 16.6. The Morgan fingerprint density at radius 2 is 1.91 bits per heavy atom.